The SMILES string of the molecule is COc1ccc([C@@H]2C(=C(O)c3ccc(C)cc3)C(=N)N(c3ccc(Br)cc3)C3=C2C(=O)CCC3)cc1. The molecule has 0 fully saturated rings. The van der Waals surface area contributed by atoms with Gasteiger partial charge in [-0.2, -0.15) is 0 Å². The maximum absolute atomic E-state index is 13.5. The zero-order chi connectivity index (χ0) is 25.4. The van der Waals surface area contributed by atoms with E-state index in [-0.39, 0.29) is 17.4 Å². The Bertz CT molecular complexity index is 1390. The molecule has 5 nitrogen and oxygen atoms in total. The van der Waals surface area contributed by atoms with Gasteiger partial charge in [-0.3, -0.25) is 15.1 Å². The molecule has 1 aliphatic carbocycles. The van der Waals surface area contributed by atoms with E-state index in [1.54, 1.807) is 7.11 Å². The Morgan fingerprint density at radius 2 is 1.67 bits per heavy atom. The molecule has 0 amide bonds. The number of aliphatic hydroxyl groups excluding tert-OH is 1. The quantitative estimate of drug-likeness (QED) is 0.338. The number of Topliss-reactive ketones (excluding diaryl/α,β-unsaturated/α-hetero) is 1. The number of hydrogen-bond donors (Lipinski definition) is 2. The lowest BCUT2D eigenvalue weighted by Crippen LogP contribution is -2.42. The molecule has 6 heteroatoms. The van der Waals surface area contributed by atoms with Crippen molar-refractivity contribution in [2.45, 2.75) is 32.1 Å². The van der Waals surface area contributed by atoms with E-state index in [0.29, 0.717) is 35.3 Å². The summed E-state index contributed by atoms with van der Waals surface area (Å²) in [6, 6.07) is 22.8. The molecule has 2 N–H and O–H groups in total. The molecule has 0 radical (unpaired) electrons. The molecule has 0 unspecified atom stereocenters. The number of halogens is 1. The molecule has 5 rings (SSSR count). The molecule has 1 atom stereocenters. The van der Waals surface area contributed by atoms with E-state index in [1.165, 1.54) is 0 Å². The van der Waals surface area contributed by atoms with Crippen LogP contribution in [-0.4, -0.2) is 23.8 Å². The lowest BCUT2D eigenvalue weighted by Gasteiger charge is -2.41. The van der Waals surface area contributed by atoms with Crippen LogP contribution < -0.4 is 9.64 Å². The predicted octanol–water partition coefficient (Wildman–Crippen LogP) is 7.32. The van der Waals surface area contributed by atoms with Crippen molar-refractivity contribution < 1.29 is 14.6 Å². The maximum atomic E-state index is 13.5. The number of rotatable bonds is 4. The molecule has 0 saturated heterocycles. The Morgan fingerprint density at radius 3 is 2.31 bits per heavy atom. The van der Waals surface area contributed by atoms with Crippen molar-refractivity contribution in [3.05, 3.63) is 111 Å². The molecule has 1 aliphatic heterocycles. The number of nitrogens with zero attached hydrogens (tertiary/aromatic N) is 1. The number of carbonyl (C=O) groups is 1. The molecule has 0 aromatic heterocycles. The fourth-order valence-electron chi connectivity index (χ4n) is 5.06. The molecular formula is C30H27BrN2O3. The second-order valence-electron chi connectivity index (χ2n) is 9.13. The van der Waals surface area contributed by atoms with Crippen molar-refractivity contribution in [3.63, 3.8) is 0 Å². The van der Waals surface area contributed by atoms with E-state index >= 15 is 0 Å². The van der Waals surface area contributed by atoms with Crippen molar-refractivity contribution in [1.29, 1.82) is 5.41 Å². The first-order chi connectivity index (χ1) is 17.4. The summed E-state index contributed by atoms with van der Waals surface area (Å²) < 4.78 is 6.28. The van der Waals surface area contributed by atoms with Crippen molar-refractivity contribution in [2.75, 3.05) is 12.0 Å². The second-order valence-corrected chi connectivity index (χ2v) is 10.0. The van der Waals surface area contributed by atoms with E-state index in [1.807, 2.05) is 84.6 Å². The third kappa shape index (κ3) is 4.26. The first-order valence-electron chi connectivity index (χ1n) is 11.9. The largest absolute Gasteiger partial charge is 0.507 e. The monoisotopic (exact) mass is 542 g/mol. The van der Waals surface area contributed by atoms with Crippen LogP contribution in [0.5, 0.6) is 5.75 Å². The summed E-state index contributed by atoms with van der Waals surface area (Å²) in [7, 11) is 1.61. The Kier molecular flexibility index (Phi) is 6.54. The minimum absolute atomic E-state index is 0.00727. The highest BCUT2D eigenvalue weighted by Crippen LogP contribution is 2.48. The molecule has 3 aromatic carbocycles. The molecule has 0 bridgehead atoms. The fourth-order valence-corrected chi connectivity index (χ4v) is 5.33. The maximum Gasteiger partial charge on any atom is 0.161 e. The molecule has 0 spiro atoms. The Labute approximate surface area is 219 Å². The van der Waals surface area contributed by atoms with Crippen LogP contribution in [0.4, 0.5) is 5.69 Å². The Morgan fingerprint density at radius 1 is 1.00 bits per heavy atom. The van der Waals surface area contributed by atoms with E-state index in [2.05, 4.69) is 15.9 Å². The fraction of sp³-hybridized carbons (Fsp3) is 0.200. The van der Waals surface area contributed by atoms with Crippen LogP contribution in [0.3, 0.4) is 0 Å². The standard InChI is InChI=1S/C30H27BrN2O3/c1-18-6-8-20(9-7-18)29(35)28-26(19-10-16-23(36-2)17-11-19)27-24(4-3-5-25(27)34)33(30(28)32)22-14-12-21(31)13-15-22/h6-17,26,32,35H,3-5H2,1-2H3/t26-/m0/s1. The average Bonchev–Trinajstić information content (AvgIpc) is 2.89. The molecule has 36 heavy (non-hydrogen) atoms. The zero-order valence-electron chi connectivity index (χ0n) is 20.2. The summed E-state index contributed by atoms with van der Waals surface area (Å²) in [6.07, 6.45) is 1.87. The van der Waals surface area contributed by atoms with Gasteiger partial charge in [0.1, 0.15) is 17.3 Å². The van der Waals surface area contributed by atoms with Gasteiger partial charge in [0, 0.05) is 44.9 Å². The minimum atomic E-state index is -0.556. The zero-order valence-corrected chi connectivity index (χ0v) is 21.8. The van der Waals surface area contributed by atoms with Gasteiger partial charge in [-0.05, 0) is 61.7 Å². The van der Waals surface area contributed by atoms with Crippen molar-refractivity contribution >= 4 is 39.0 Å². The van der Waals surface area contributed by atoms with Crippen LogP contribution in [0.1, 0.15) is 41.9 Å². The van der Waals surface area contributed by atoms with Gasteiger partial charge >= 0.3 is 0 Å². The number of allylic oxidation sites excluding steroid dienone is 2. The Balaban J connectivity index is 1.80. The number of hydrogen-bond acceptors (Lipinski definition) is 4. The smallest absolute Gasteiger partial charge is 0.161 e. The Hall–Kier alpha value is -3.64. The first-order valence-corrected chi connectivity index (χ1v) is 12.7. The molecule has 3 aromatic rings. The van der Waals surface area contributed by atoms with Gasteiger partial charge in [-0.15, -0.1) is 0 Å². The van der Waals surface area contributed by atoms with E-state index in [0.717, 1.165) is 33.4 Å². The number of aliphatic hydroxyl groups is 1. The number of aryl methyl sites for hydroxylation is 1. The summed E-state index contributed by atoms with van der Waals surface area (Å²) in [5, 5.41) is 21.1. The number of nitrogens with one attached hydrogen (secondary N) is 1. The number of anilines is 1. The van der Waals surface area contributed by atoms with Crippen molar-refractivity contribution in [2.24, 2.45) is 0 Å². The summed E-state index contributed by atoms with van der Waals surface area (Å²) >= 11 is 3.49. The van der Waals surface area contributed by atoms with Gasteiger partial charge in [0.05, 0.1) is 7.11 Å². The summed E-state index contributed by atoms with van der Waals surface area (Å²) in [5.74, 6) is 0.385. The van der Waals surface area contributed by atoms with Crippen LogP contribution in [-0.2, 0) is 4.79 Å². The van der Waals surface area contributed by atoms with Gasteiger partial charge < -0.3 is 9.84 Å². The first kappa shape index (κ1) is 24.1. The lowest BCUT2D eigenvalue weighted by molar-refractivity contribution is -0.116. The topological polar surface area (TPSA) is 73.6 Å². The van der Waals surface area contributed by atoms with Crippen LogP contribution in [0.15, 0.2) is 94.1 Å². The molecular weight excluding hydrogens is 516 g/mol. The number of methoxy groups -OCH3 is 1. The number of ketones is 1. The normalized spacial score (nSPS) is 19.3. The molecule has 1 heterocycles. The average molecular weight is 543 g/mol. The van der Waals surface area contributed by atoms with Gasteiger partial charge in [0.15, 0.2) is 5.78 Å². The number of carbonyl (C=O) groups excluding carboxylic acids is 1. The van der Waals surface area contributed by atoms with Crippen LogP contribution in [0, 0.1) is 12.3 Å². The van der Waals surface area contributed by atoms with Crippen molar-refractivity contribution in [3.8, 4) is 5.75 Å². The molecule has 182 valence electrons. The van der Waals surface area contributed by atoms with E-state index in [4.69, 9.17) is 4.74 Å². The van der Waals surface area contributed by atoms with E-state index in [9.17, 15) is 15.3 Å². The number of amidine groups is 1. The van der Waals surface area contributed by atoms with Gasteiger partial charge in [0.25, 0.3) is 0 Å². The minimum Gasteiger partial charge on any atom is -0.507 e. The highest BCUT2D eigenvalue weighted by Gasteiger charge is 2.43. The second kappa shape index (κ2) is 9.78. The summed E-state index contributed by atoms with van der Waals surface area (Å²) in [5.41, 5.74) is 5.22. The van der Waals surface area contributed by atoms with Crippen LogP contribution in [0.2, 0.25) is 0 Å². The van der Waals surface area contributed by atoms with E-state index < -0.39 is 5.92 Å². The summed E-state index contributed by atoms with van der Waals surface area (Å²) in [6.45, 7) is 1.99. The van der Waals surface area contributed by atoms with Gasteiger partial charge in [-0.1, -0.05) is 57.9 Å². The molecule has 2 aliphatic rings. The third-order valence-electron chi connectivity index (χ3n) is 6.87. The highest BCUT2D eigenvalue weighted by molar-refractivity contribution is 9.10. The van der Waals surface area contributed by atoms with Gasteiger partial charge in [-0.25, -0.2) is 0 Å². The van der Waals surface area contributed by atoms with Crippen molar-refractivity contribution in [1.82, 2.24) is 0 Å². The lowest BCUT2D eigenvalue weighted by atomic mass is 9.73. The van der Waals surface area contributed by atoms with Gasteiger partial charge in [0.2, 0.25) is 0 Å². The van der Waals surface area contributed by atoms with Crippen LogP contribution >= 0.6 is 15.9 Å². The number of benzene rings is 3. The third-order valence-corrected chi connectivity index (χ3v) is 7.40. The molecule has 0 saturated carbocycles. The highest BCUT2D eigenvalue weighted by atomic mass is 79.9. The predicted molar refractivity (Wildman–Crippen MR) is 147 cm³/mol. The summed E-state index contributed by atoms with van der Waals surface area (Å²) in [4.78, 5) is 15.4. The number of ether oxygens (including phenoxy) is 1. The van der Waals surface area contributed by atoms with Crippen LogP contribution in [0.25, 0.3) is 5.76 Å².